The van der Waals surface area contributed by atoms with Crippen LogP contribution in [0.15, 0.2) is 53.6 Å². The van der Waals surface area contributed by atoms with E-state index in [9.17, 15) is 13.2 Å². The maximum atomic E-state index is 12.6. The summed E-state index contributed by atoms with van der Waals surface area (Å²) in [4.78, 5) is 16.7. The van der Waals surface area contributed by atoms with Gasteiger partial charge in [0.2, 0.25) is 0 Å². The van der Waals surface area contributed by atoms with E-state index in [4.69, 9.17) is 8.92 Å². The van der Waals surface area contributed by atoms with Crippen LogP contribution >= 0.6 is 0 Å². The summed E-state index contributed by atoms with van der Waals surface area (Å²) in [5, 5.41) is 0. The van der Waals surface area contributed by atoms with Crippen molar-refractivity contribution < 1.29 is 22.1 Å². The first-order valence-electron chi connectivity index (χ1n) is 11.6. The molecule has 0 aromatic heterocycles. The standard InChI is InChI=1S/C26H36N2O5S/c1-7-10-21-19(2)17-20(18-32-34(6,30)31)22-11-8-9-12-23(22)24(21)27-13-15-28(16-14-27)25(29)33-26(3,4)5/h7-12,17,24H,13-16,18H2,1-6H3/b10-7-. The van der Waals surface area contributed by atoms with Crippen molar-refractivity contribution in [2.24, 2.45) is 0 Å². The van der Waals surface area contributed by atoms with Gasteiger partial charge in [0, 0.05) is 26.2 Å². The molecule has 1 aromatic carbocycles. The minimum Gasteiger partial charge on any atom is -0.444 e. The second kappa shape index (κ2) is 10.5. The highest BCUT2D eigenvalue weighted by atomic mass is 32.2. The summed E-state index contributed by atoms with van der Waals surface area (Å²) in [5.41, 5.74) is 4.58. The zero-order valence-corrected chi connectivity index (χ0v) is 21.8. The Morgan fingerprint density at radius 2 is 1.79 bits per heavy atom. The van der Waals surface area contributed by atoms with Crippen LogP contribution < -0.4 is 0 Å². The molecule has 2 aliphatic rings. The second-order valence-corrected chi connectivity index (χ2v) is 11.4. The second-order valence-electron chi connectivity index (χ2n) is 9.77. The summed E-state index contributed by atoms with van der Waals surface area (Å²) < 4.78 is 34.1. The predicted molar refractivity (Wildman–Crippen MR) is 135 cm³/mol. The van der Waals surface area contributed by atoms with Crippen LogP contribution in [0.4, 0.5) is 4.79 Å². The Kier molecular flexibility index (Phi) is 8.06. The number of fused-ring (bicyclic) bond motifs is 1. The monoisotopic (exact) mass is 488 g/mol. The SMILES string of the molecule is C/C=C\C1=C(C)C=C(COS(C)(=O)=O)c2ccccc2C1N1CCN(C(=O)OC(C)(C)C)CC1. The summed E-state index contributed by atoms with van der Waals surface area (Å²) >= 11 is 0. The minimum atomic E-state index is -3.57. The first-order chi connectivity index (χ1) is 15.9. The molecule has 1 aliphatic carbocycles. The summed E-state index contributed by atoms with van der Waals surface area (Å²) in [7, 11) is -3.57. The highest BCUT2D eigenvalue weighted by Gasteiger charge is 2.33. The van der Waals surface area contributed by atoms with E-state index in [-0.39, 0.29) is 18.7 Å². The highest BCUT2D eigenvalue weighted by Crippen LogP contribution is 2.40. The van der Waals surface area contributed by atoms with Gasteiger partial charge in [-0.15, -0.1) is 0 Å². The molecule has 1 heterocycles. The lowest BCUT2D eigenvalue weighted by Crippen LogP contribution is -2.51. The first kappa shape index (κ1) is 26.2. The van der Waals surface area contributed by atoms with E-state index < -0.39 is 15.7 Å². The molecule has 186 valence electrons. The molecule has 7 nitrogen and oxygen atoms in total. The molecule has 1 amide bonds. The van der Waals surface area contributed by atoms with E-state index in [2.05, 4.69) is 17.0 Å². The summed E-state index contributed by atoms with van der Waals surface area (Å²) in [6.45, 7) is 12.2. The molecule has 1 atom stereocenters. The molecule has 3 rings (SSSR count). The van der Waals surface area contributed by atoms with Gasteiger partial charge < -0.3 is 9.64 Å². The normalized spacial score (nSPS) is 20.2. The number of rotatable bonds is 5. The number of nitrogens with zero attached hydrogens (tertiary/aromatic N) is 2. The highest BCUT2D eigenvalue weighted by molar-refractivity contribution is 7.86. The number of carbonyl (C=O) groups is 1. The van der Waals surface area contributed by atoms with Crippen LogP contribution in [0.3, 0.4) is 0 Å². The molecule has 34 heavy (non-hydrogen) atoms. The van der Waals surface area contributed by atoms with Gasteiger partial charge in [-0.2, -0.15) is 8.42 Å². The number of carbonyl (C=O) groups excluding carboxylic acids is 1. The van der Waals surface area contributed by atoms with Crippen molar-refractivity contribution in [3.63, 3.8) is 0 Å². The fraction of sp³-hybridized carbons (Fsp3) is 0.500. The molecule has 0 spiro atoms. The van der Waals surface area contributed by atoms with Crippen molar-refractivity contribution in [3.8, 4) is 0 Å². The molecular weight excluding hydrogens is 452 g/mol. The number of allylic oxidation sites excluding steroid dienone is 3. The van der Waals surface area contributed by atoms with Gasteiger partial charge in [-0.1, -0.05) is 42.5 Å². The fourth-order valence-corrected chi connectivity index (χ4v) is 4.75. The number of hydrogen-bond acceptors (Lipinski definition) is 6. The van der Waals surface area contributed by atoms with Gasteiger partial charge in [-0.3, -0.25) is 9.08 Å². The van der Waals surface area contributed by atoms with Crippen molar-refractivity contribution >= 4 is 21.8 Å². The molecule has 1 saturated heterocycles. The van der Waals surface area contributed by atoms with E-state index in [1.165, 1.54) is 0 Å². The summed E-state index contributed by atoms with van der Waals surface area (Å²) in [6.07, 6.45) is 6.95. The molecule has 8 heteroatoms. The maximum absolute atomic E-state index is 12.6. The summed E-state index contributed by atoms with van der Waals surface area (Å²) in [6, 6.07) is 8.05. The topological polar surface area (TPSA) is 76.2 Å². The Morgan fingerprint density at radius 1 is 1.15 bits per heavy atom. The number of amides is 1. The third-order valence-corrected chi connectivity index (χ3v) is 6.39. The fourth-order valence-electron chi connectivity index (χ4n) is 4.41. The van der Waals surface area contributed by atoms with E-state index in [0.29, 0.717) is 26.2 Å². The zero-order valence-electron chi connectivity index (χ0n) is 21.0. The molecule has 1 aromatic rings. The van der Waals surface area contributed by atoms with Crippen LogP contribution in [0, 0.1) is 0 Å². The predicted octanol–water partition coefficient (Wildman–Crippen LogP) is 4.55. The Balaban J connectivity index is 1.93. The van der Waals surface area contributed by atoms with Gasteiger partial charge >= 0.3 is 6.09 Å². The van der Waals surface area contributed by atoms with Crippen LogP contribution in [0.1, 0.15) is 51.8 Å². The Hall–Kier alpha value is -2.42. The Labute approximate surface area is 203 Å². The van der Waals surface area contributed by atoms with Crippen molar-refractivity contribution in [3.05, 3.63) is 64.8 Å². The first-order valence-corrected chi connectivity index (χ1v) is 13.4. The number of piperazine rings is 1. The summed E-state index contributed by atoms with van der Waals surface area (Å²) in [5.74, 6) is 0. The number of hydrogen-bond donors (Lipinski definition) is 0. The van der Waals surface area contributed by atoms with Crippen molar-refractivity contribution in [1.82, 2.24) is 9.80 Å². The van der Waals surface area contributed by atoms with Crippen LogP contribution in [-0.2, 0) is 19.0 Å². The van der Waals surface area contributed by atoms with Gasteiger partial charge in [0.1, 0.15) is 5.60 Å². The Morgan fingerprint density at radius 3 is 2.38 bits per heavy atom. The molecular formula is C26H36N2O5S. The van der Waals surface area contributed by atoms with Crippen LogP contribution in [0.25, 0.3) is 5.57 Å². The molecule has 1 aliphatic heterocycles. The lowest BCUT2D eigenvalue weighted by molar-refractivity contribution is 0.0119. The third-order valence-electron chi connectivity index (χ3n) is 5.85. The van der Waals surface area contributed by atoms with Crippen molar-refractivity contribution in [1.29, 1.82) is 0 Å². The quantitative estimate of drug-likeness (QED) is 0.566. The Bertz CT molecular complexity index is 1100. The van der Waals surface area contributed by atoms with E-state index >= 15 is 0 Å². The van der Waals surface area contributed by atoms with Crippen LogP contribution in [-0.4, -0.2) is 69.0 Å². The molecule has 1 fully saturated rings. The lowest BCUT2D eigenvalue weighted by atomic mass is 9.90. The molecule has 0 bridgehead atoms. The van der Waals surface area contributed by atoms with Gasteiger partial charge in [0.25, 0.3) is 10.1 Å². The van der Waals surface area contributed by atoms with E-state index in [1.807, 2.05) is 65.0 Å². The van der Waals surface area contributed by atoms with Crippen LogP contribution in [0.2, 0.25) is 0 Å². The largest absolute Gasteiger partial charge is 0.444 e. The third kappa shape index (κ3) is 6.58. The number of benzene rings is 1. The zero-order chi connectivity index (χ0) is 25.1. The van der Waals surface area contributed by atoms with Gasteiger partial charge in [0.05, 0.1) is 18.9 Å². The average molecular weight is 489 g/mol. The lowest BCUT2D eigenvalue weighted by Gasteiger charge is -2.40. The molecule has 0 radical (unpaired) electrons. The number of ether oxygens (including phenoxy) is 1. The smallest absolute Gasteiger partial charge is 0.410 e. The maximum Gasteiger partial charge on any atom is 0.410 e. The minimum absolute atomic E-state index is 0.0184. The van der Waals surface area contributed by atoms with Crippen molar-refractivity contribution in [2.75, 3.05) is 39.0 Å². The van der Waals surface area contributed by atoms with Gasteiger partial charge in [-0.05, 0) is 62.5 Å². The molecule has 1 unspecified atom stereocenters. The van der Waals surface area contributed by atoms with E-state index in [0.717, 1.165) is 34.1 Å². The van der Waals surface area contributed by atoms with E-state index in [1.54, 1.807) is 4.90 Å². The molecule has 0 N–H and O–H groups in total. The van der Waals surface area contributed by atoms with Gasteiger partial charge in [0.15, 0.2) is 0 Å². The molecule has 0 saturated carbocycles. The van der Waals surface area contributed by atoms with Gasteiger partial charge in [-0.25, -0.2) is 4.79 Å². The van der Waals surface area contributed by atoms with Crippen LogP contribution in [0.5, 0.6) is 0 Å². The van der Waals surface area contributed by atoms with Crippen molar-refractivity contribution in [2.45, 2.75) is 46.3 Å². The average Bonchev–Trinajstić information content (AvgIpc) is 2.86.